The van der Waals surface area contributed by atoms with Gasteiger partial charge in [0.2, 0.25) is 0 Å². The summed E-state index contributed by atoms with van der Waals surface area (Å²) in [7, 11) is 0. The normalized spacial score (nSPS) is 12.1. The minimum absolute atomic E-state index is 0. The van der Waals surface area contributed by atoms with Gasteiger partial charge in [-0.05, 0) is 41.0 Å². The minimum Gasteiger partial charge on any atom is -0.508 e. The molecule has 0 fully saturated rings. The average Bonchev–Trinajstić information content (AvgIpc) is 2.28. The maximum absolute atomic E-state index is 12.2. The molecule has 0 aromatic heterocycles. The number of aromatic hydroxyl groups is 1. The summed E-state index contributed by atoms with van der Waals surface area (Å²) in [6, 6.07) is 10.6. The molecule has 3 N–H and O–H groups in total. The SMILES string of the molecule is Cl.N[C@H](CCF)c1ccc2cc(O)ccc2c1. The predicted octanol–water partition coefficient (Wildman–Crippen LogP) is 3.33. The van der Waals surface area contributed by atoms with E-state index in [2.05, 4.69) is 0 Å². The van der Waals surface area contributed by atoms with Gasteiger partial charge in [0, 0.05) is 6.04 Å². The fraction of sp³-hybridized carbons (Fsp3) is 0.231. The Labute approximate surface area is 106 Å². The van der Waals surface area contributed by atoms with E-state index in [1.54, 1.807) is 12.1 Å². The molecule has 2 rings (SSSR count). The number of fused-ring (bicyclic) bond motifs is 1. The number of hydrogen-bond acceptors (Lipinski definition) is 2. The van der Waals surface area contributed by atoms with Gasteiger partial charge in [-0.15, -0.1) is 12.4 Å². The number of halogens is 2. The van der Waals surface area contributed by atoms with E-state index in [1.807, 2.05) is 24.3 Å². The molecule has 2 aromatic rings. The van der Waals surface area contributed by atoms with Gasteiger partial charge in [-0.1, -0.05) is 18.2 Å². The highest BCUT2D eigenvalue weighted by Crippen LogP contribution is 2.24. The largest absolute Gasteiger partial charge is 0.508 e. The van der Waals surface area contributed by atoms with Crippen LogP contribution in [0.4, 0.5) is 4.39 Å². The van der Waals surface area contributed by atoms with Gasteiger partial charge in [0.25, 0.3) is 0 Å². The molecule has 1 atom stereocenters. The highest BCUT2D eigenvalue weighted by Gasteiger charge is 2.06. The van der Waals surface area contributed by atoms with Gasteiger partial charge in [0.1, 0.15) is 5.75 Å². The first-order valence-corrected chi connectivity index (χ1v) is 5.25. The Morgan fingerprint density at radius 1 is 1.12 bits per heavy atom. The number of nitrogens with two attached hydrogens (primary N) is 1. The standard InChI is InChI=1S/C13H14FNO.ClH/c14-6-5-13(15)11-2-1-10-8-12(16)4-3-9(10)7-11;/h1-4,7-8,13,16H,5-6,15H2;1H/t13-;/m1./s1. The highest BCUT2D eigenvalue weighted by atomic mass is 35.5. The van der Waals surface area contributed by atoms with Gasteiger partial charge >= 0.3 is 0 Å². The average molecular weight is 256 g/mol. The van der Waals surface area contributed by atoms with E-state index in [1.165, 1.54) is 0 Å². The molecular formula is C13H15ClFNO. The van der Waals surface area contributed by atoms with E-state index in [0.717, 1.165) is 16.3 Å². The van der Waals surface area contributed by atoms with Crippen molar-refractivity contribution in [3.05, 3.63) is 42.0 Å². The maximum Gasteiger partial charge on any atom is 0.116 e. The second-order valence-electron chi connectivity index (χ2n) is 3.88. The van der Waals surface area contributed by atoms with Crippen LogP contribution in [0.15, 0.2) is 36.4 Å². The molecule has 0 amide bonds. The van der Waals surface area contributed by atoms with Crippen LogP contribution in [0.3, 0.4) is 0 Å². The van der Waals surface area contributed by atoms with Gasteiger partial charge in [0.15, 0.2) is 0 Å². The van der Waals surface area contributed by atoms with Crippen LogP contribution in [-0.2, 0) is 0 Å². The third kappa shape index (κ3) is 3.08. The van der Waals surface area contributed by atoms with E-state index in [4.69, 9.17) is 5.73 Å². The fourth-order valence-corrected chi connectivity index (χ4v) is 1.77. The van der Waals surface area contributed by atoms with Crippen molar-refractivity contribution in [3.63, 3.8) is 0 Å². The Hall–Kier alpha value is -1.32. The zero-order valence-electron chi connectivity index (χ0n) is 9.27. The molecule has 0 aliphatic carbocycles. The Morgan fingerprint density at radius 3 is 2.47 bits per heavy atom. The molecule has 0 bridgehead atoms. The van der Waals surface area contributed by atoms with Crippen molar-refractivity contribution in [1.29, 1.82) is 0 Å². The lowest BCUT2D eigenvalue weighted by Gasteiger charge is -2.10. The van der Waals surface area contributed by atoms with Crippen LogP contribution in [-0.4, -0.2) is 11.8 Å². The van der Waals surface area contributed by atoms with Crippen molar-refractivity contribution in [2.75, 3.05) is 6.67 Å². The molecule has 4 heteroatoms. The number of phenolic OH excluding ortho intramolecular Hbond substituents is 1. The van der Waals surface area contributed by atoms with Crippen LogP contribution in [0.1, 0.15) is 18.0 Å². The summed E-state index contributed by atoms with van der Waals surface area (Å²) in [4.78, 5) is 0. The third-order valence-electron chi connectivity index (χ3n) is 2.70. The van der Waals surface area contributed by atoms with E-state index in [9.17, 15) is 9.50 Å². The molecule has 0 aliphatic heterocycles. The Balaban J connectivity index is 0.00000144. The topological polar surface area (TPSA) is 46.2 Å². The zero-order valence-corrected chi connectivity index (χ0v) is 10.1. The lowest BCUT2D eigenvalue weighted by atomic mass is 10.0. The molecule has 92 valence electrons. The highest BCUT2D eigenvalue weighted by molar-refractivity contribution is 5.85. The number of benzene rings is 2. The van der Waals surface area contributed by atoms with E-state index < -0.39 is 6.67 Å². The molecular weight excluding hydrogens is 241 g/mol. The summed E-state index contributed by atoms with van der Waals surface area (Å²) in [5.41, 5.74) is 6.76. The third-order valence-corrected chi connectivity index (χ3v) is 2.70. The number of phenols is 1. The van der Waals surface area contributed by atoms with Gasteiger partial charge in [0.05, 0.1) is 6.67 Å². The van der Waals surface area contributed by atoms with Crippen molar-refractivity contribution < 1.29 is 9.50 Å². The first-order valence-electron chi connectivity index (χ1n) is 5.25. The summed E-state index contributed by atoms with van der Waals surface area (Å²) in [5, 5.41) is 11.3. The van der Waals surface area contributed by atoms with Crippen molar-refractivity contribution in [2.24, 2.45) is 5.73 Å². The molecule has 0 spiro atoms. The van der Waals surface area contributed by atoms with Crippen LogP contribution in [0.2, 0.25) is 0 Å². The maximum atomic E-state index is 12.2. The molecule has 0 unspecified atom stereocenters. The van der Waals surface area contributed by atoms with E-state index in [-0.39, 0.29) is 24.2 Å². The monoisotopic (exact) mass is 255 g/mol. The minimum atomic E-state index is -0.408. The summed E-state index contributed by atoms with van der Waals surface area (Å²) in [6.07, 6.45) is 0.337. The predicted molar refractivity (Wildman–Crippen MR) is 70.4 cm³/mol. The van der Waals surface area contributed by atoms with Gasteiger partial charge in [-0.2, -0.15) is 0 Å². The van der Waals surface area contributed by atoms with Crippen molar-refractivity contribution >= 4 is 23.2 Å². The van der Waals surface area contributed by atoms with Crippen molar-refractivity contribution in [1.82, 2.24) is 0 Å². The van der Waals surface area contributed by atoms with Gasteiger partial charge in [-0.3, -0.25) is 4.39 Å². The smallest absolute Gasteiger partial charge is 0.116 e. The van der Waals surface area contributed by atoms with Crippen LogP contribution >= 0.6 is 12.4 Å². The molecule has 0 heterocycles. The van der Waals surface area contributed by atoms with Crippen LogP contribution in [0.5, 0.6) is 5.75 Å². The molecule has 2 nitrogen and oxygen atoms in total. The summed E-state index contributed by atoms with van der Waals surface area (Å²) in [5.74, 6) is 0.244. The van der Waals surface area contributed by atoms with Crippen molar-refractivity contribution in [3.8, 4) is 5.75 Å². The Morgan fingerprint density at radius 2 is 1.76 bits per heavy atom. The summed E-state index contributed by atoms with van der Waals surface area (Å²) in [6.45, 7) is -0.408. The summed E-state index contributed by atoms with van der Waals surface area (Å²) >= 11 is 0. The summed E-state index contributed by atoms with van der Waals surface area (Å²) < 4.78 is 12.2. The first-order chi connectivity index (χ1) is 7.70. The van der Waals surface area contributed by atoms with Gasteiger partial charge < -0.3 is 10.8 Å². The fourth-order valence-electron chi connectivity index (χ4n) is 1.77. The van der Waals surface area contributed by atoms with E-state index >= 15 is 0 Å². The number of hydrogen-bond donors (Lipinski definition) is 2. The lowest BCUT2D eigenvalue weighted by molar-refractivity contribution is 0.442. The molecule has 0 aliphatic rings. The van der Waals surface area contributed by atoms with Crippen LogP contribution in [0, 0.1) is 0 Å². The second-order valence-corrected chi connectivity index (χ2v) is 3.88. The number of rotatable bonds is 3. The Bertz CT molecular complexity index is 504. The molecule has 0 radical (unpaired) electrons. The quantitative estimate of drug-likeness (QED) is 0.884. The van der Waals surface area contributed by atoms with Crippen LogP contribution in [0.25, 0.3) is 10.8 Å². The molecule has 0 saturated carbocycles. The van der Waals surface area contributed by atoms with Gasteiger partial charge in [-0.25, -0.2) is 0 Å². The zero-order chi connectivity index (χ0) is 11.5. The molecule has 2 aromatic carbocycles. The second kappa shape index (κ2) is 5.84. The molecule has 0 saturated heterocycles. The van der Waals surface area contributed by atoms with Crippen molar-refractivity contribution in [2.45, 2.75) is 12.5 Å². The lowest BCUT2D eigenvalue weighted by Crippen LogP contribution is -2.10. The number of alkyl halides is 1. The van der Waals surface area contributed by atoms with Crippen LogP contribution < -0.4 is 5.73 Å². The first kappa shape index (κ1) is 13.7. The Kier molecular flexibility index (Phi) is 4.73. The van der Waals surface area contributed by atoms with E-state index in [0.29, 0.717) is 6.42 Å². The molecule has 17 heavy (non-hydrogen) atoms.